The monoisotopic (exact) mass is 580 g/mol. The Labute approximate surface area is 246 Å². The summed E-state index contributed by atoms with van der Waals surface area (Å²) in [6.07, 6.45) is 0.0404. The van der Waals surface area contributed by atoms with Gasteiger partial charge in [0.1, 0.15) is 11.2 Å². The Kier molecular flexibility index (Phi) is 9.81. The van der Waals surface area contributed by atoms with Gasteiger partial charge >= 0.3 is 11.7 Å². The molecule has 2 aromatic carbocycles. The first-order valence-corrected chi connectivity index (χ1v) is 17.5. The van der Waals surface area contributed by atoms with Crippen molar-refractivity contribution in [2.45, 2.75) is 92.5 Å². The molecule has 1 aromatic heterocycles. The molecule has 0 aliphatic carbocycles. The van der Waals surface area contributed by atoms with E-state index in [4.69, 9.17) is 13.6 Å². The minimum atomic E-state index is -1.96. The van der Waals surface area contributed by atoms with E-state index in [9.17, 15) is 9.59 Å². The highest BCUT2D eigenvalue weighted by atomic mass is 28.4. The number of fused-ring (bicyclic) bond motifs is 1. The van der Waals surface area contributed by atoms with Crippen molar-refractivity contribution in [2.75, 3.05) is 29.9 Å². The van der Waals surface area contributed by atoms with Gasteiger partial charge in [-0.25, -0.2) is 9.59 Å². The van der Waals surface area contributed by atoms with Gasteiger partial charge in [0, 0.05) is 42.5 Å². The summed E-state index contributed by atoms with van der Waals surface area (Å²) in [5.41, 5.74) is 4.21. The van der Waals surface area contributed by atoms with Crippen molar-refractivity contribution < 1.29 is 18.4 Å². The molecule has 0 saturated heterocycles. The lowest BCUT2D eigenvalue weighted by Gasteiger charge is -2.36. The normalized spacial score (nSPS) is 12.5. The quantitative estimate of drug-likeness (QED) is 0.202. The summed E-state index contributed by atoms with van der Waals surface area (Å²) in [5.74, 6) is 0. The van der Waals surface area contributed by atoms with E-state index in [1.54, 1.807) is 0 Å². The van der Waals surface area contributed by atoms with Crippen LogP contribution in [0.15, 0.2) is 45.6 Å². The van der Waals surface area contributed by atoms with Gasteiger partial charge in [0.2, 0.25) is 0 Å². The third kappa shape index (κ3) is 7.80. The zero-order chi connectivity index (χ0) is 30.8. The first kappa shape index (κ1) is 32.4. The van der Waals surface area contributed by atoms with E-state index in [0.29, 0.717) is 29.9 Å². The Balaban J connectivity index is 2.04. The van der Waals surface area contributed by atoms with E-state index in [-0.39, 0.29) is 10.7 Å². The Morgan fingerprint density at radius 1 is 1.00 bits per heavy atom. The molecular weight excluding hydrogens is 532 g/mol. The Hall–Kier alpha value is -3.10. The predicted molar refractivity (Wildman–Crippen MR) is 173 cm³/mol. The van der Waals surface area contributed by atoms with Gasteiger partial charge in [0.05, 0.1) is 5.56 Å². The molecular formula is C33H48N2O5Si. The van der Waals surface area contributed by atoms with Crippen molar-refractivity contribution in [2.24, 2.45) is 0 Å². The van der Waals surface area contributed by atoms with E-state index in [2.05, 4.69) is 64.0 Å². The number of amides is 1. The number of ether oxygens (including phenoxy) is 1. The molecule has 7 nitrogen and oxygen atoms in total. The zero-order valence-electron chi connectivity index (χ0n) is 26.8. The van der Waals surface area contributed by atoms with Crippen LogP contribution in [0, 0.1) is 6.92 Å². The van der Waals surface area contributed by atoms with Gasteiger partial charge < -0.3 is 18.5 Å². The maximum absolute atomic E-state index is 13.4. The van der Waals surface area contributed by atoms with Gasteiger partial charge in [-0.1, -0.05) is 26.8 Å². The van der Waals surface area contributed by atoms with E-state index in [1.165, 1.54) is 0 Å². The Morgan fingerprint density at radius 2 is 1.66 bits per heavy atom. The van der Waals surface area contributed by atoms with Crippen LogP contribution >= 0.6 is 0 Å². The van der Waals surface area contributed by atoms with Crippen LogP contribution in [-0.2, 0) is 15.6 Å². The summed E-state index contributed by atoms with van der Waals surface area (Å²) in [6, 6.07) is 11.7. The maximum Gasteiger partial charge on any atom is 0.412 e. The largest absolute Gasteiger partial charge is 0.444 e. The van der Waals surface area contributed by atoms with Crippen molar-refractivity contribution in [1.82, 2.24) is 0 Å². The van der Waals surface area contributed by atoms with Gasteiger partial charge in [-0.2, -0.15) is 0 Å². The van der Waals surface area contributed by atoms with Crippen LogP contribution in [0.1, 0.15) is 66.5 Å². The Bertz CT molecular complexity index is 1440. The number of nitrogens with one attached hydrogen (secondary N) is 1. The molecule has 0 aliphatic rings. The lowest BCUT2D eigenvalue weighted by molar-refractivity contribution is 0.0635. The molecule has 0 bridgehead atoms. The molecule has 1 heterocycles. The number of rotatable bonds is 9. The van der Waals surface area contributed by atoms with E-state index in [0.717, 1.165) is 40.9 Å². The van der Waals surface area contributed by atoms with Crippen LogP contribution in [0.25, 0.3) is 22.1 Å². The Morgan fingerprint density at radius 3 is 2.24 bits per heavy atom. The summed E-state index contributed by atoms with van der Waals surface area (Å²) >= 11 is 0. The van der Waals surface area contributed by atoms with E-state index >= 15 is 0 Å². The average Bonchev–Trinajstić information content (AvgIpc) is 2.84. The lowest BCUT2D eigenvalue weighted by atomic mass is 9.96. The lowest BCUT2D eigenvalue weighted by Crippen LogP contribution is -2.41. The molecule has 41 heavy (non-hydrogen) atoms. The highest BCUT2D eigenvalue weighted by Crippen LogP contribution is 2.37. The van der Waals surface area contributed by atoms with Crippen molar-refractivity contribution in [3.05, 3.63) is 57.9 Å². The van der Waals surface area contributed by atoms with Crippen LogP contribution in [0.2, 0.25) is 18.1 Å². The van der Waals surface area contributed by atoms with Gasteiger partial charge in [-0.15, -0.1) is 0 Å². The molecule has 0 radical (unpaired) electrons. The molecule has 1 amide bonds. The van der Waals surface area contributed by atoms with E-state index < -0.39 is 20.0 Å². The number of aryl methyl sites for hydroxylation is 1. The third-order valence-corrected chi connectivity index (χ3v) is 12.5. The fourth-order valence-electron chi connectivity index (χ4n) is 4.59. The fourth-order valence-corrected chi connectivity index (χ4v) is 5.63. The second kappa shape index (κ2) is 12.4. The topological polar surface area (TPSA) is 81.0 Å². The van der Waals surface area contributed by atoms with Crippen LogP contribution in [0.5, 0.6) is 0 Å². The number of anilines is 2. The molecule has 8 heteroatoms. The molecule has 0 fully saturated rings. The van der Waals surface area contributed by atoms with Crippen molar-refractivity contribution >= 4 is 36.8 Å². The average molecular weight is 581 g/mol. The number of hydrogen-bond donors (Lipinski definition) is 1. The first-order chi connectivity index (χ1) is 19.0. The summed E-state index contributed by atoms with van der Waals surface area (Å²) in [6.45, 7) is 25.0. The van der Waals surface area contributed by atoms with E-state index in [1.807, 2.05) is 58.0 Å². The minimum Gasteiger partial charge on any atom is -0.444 e. The van der Waals surface area contributed by atoms with Gasteiger partial charge in [-0.05, 0) is 107 Å². The molecule has 0 saturated carbocycles. The second-order valence-corrected chi connectivity index (χ2v) is 17.9. The van der Waals surface area contributed by atoms with Crippen LogP contribution in [-0.4, -0.2) is 39.7 Å². The van der Waals surface area contributed by atoms with Crippen LogP contribution in [0.3, 0.4) is 0 Å². The number of carbonyl (C=O) groups is 1. The van der Waals surface area contributed by atoms with Crippen LogP contribution < -0.4 is 15.8 Å². The molecule has 0 aliphatic heterocycles. The molecule has 1 N–H and O–H groups in total. The fraction of sp³-hybridized carbons (Fsp3) is 0.515. The molecule has 224 valence electrons. The van der Waals surface area contributed by atoms with Crippen molar-refractivity contribution in [3.63, 3.8) is 0 Å². The zero-order valence-corrected chi connectivity index (χ0v) is 27.8. The number of benzene rings is 2. The summed E-state index contributed by atoms with van der Waals surface area (Å²) < 4.78 is 17.8. The molecule has 0 atom stereocenters. The minimum absolute atomic E-state index is 0.0821. The smallest absolute Gasteiger partial charge is 0.412 e. The van der Waals surface area contributed by atoms with Gasteiger partial charge in [0.15, 0.2) is 8.32 Å². The molecule has 3 aromatic rings. The summed E-state index contributed by atoms with van der Waals surface area (Å²) in [5, 5.41) is 3.88. The predicted octanol–water partition coefficient (Wildman–Crippen LogP) is 8.53. The molecule has 3 rings (SSSR count). The third-order valence-electron chi connectivity index (χ3n) is 7.95. The van der Waals surface area contributed by atoms with Crippen molar-refractivity contribution in [3.8, 4) is 11.1 Å². The van der Waals surface area contributed by atoms with Crippen molar-refractivity contribution in [1.29, 1.82) is 0 Å². The molecule has 0 unspecified atom stereocenters. The maximum atomic E-state index is 13.4. The highest BCUT2D eigenvalue weighted by molar-refractivity contribution is 6.74. The van der Waals surface area contributed by atoms with Gasteiger partial charge in [-0.3, -0.25) is 5.32 Å². The second-order valence-electron chi connectivity index (χ2n) is 13.1. The summed E-state index contributed by atoms with van der Waals surface area (Å²) in [7, 11) is -1.96. The SMILES string of the molecule is CCN(CC)c1ccc2c(C)c(-c3ccc(NC(=O)OC(C)(C)C)c(CCO[Si](C)(C)C(C)(C)C)c3)c(=O)oc2c1. The summed E-state index contributed by atoms with van der Waals surface area (Å²) in [4.78, 5) is 28.2. The first-order valence-electron chi connectivity index (χ1n) is 14.6. The van der Waals surface area contributed by atoms with Crippen LogP contribution in [0.4, 0.5) is 16.2 Å². The standard InChI is InChI=1S/C33H48N2O5Si/c1-12-35(13-2)25-15-16-26-22(3)29(30(36)39-28(26)21-25)24-14-17-27(34-31(37)40-32(4,5)6)23(20-24)18-19-38-41(10,11)33(7,8)9/h14-17,20-21H,12-13,18-19H2,1-11H3,(H,34,37). The number of hydrogen-bond acceptors (Lipinski definition) is 6. The highest BCUT2D eigenvalue weighted by Gasteiger charge is 2.37. The number of nitrogens with zero attached hydrogens (tertiary/aromatic N) is 1. The van der Waals surface area contributed by atoms with Gasteiger partial charge in [0.25, 0.3) is 0 Å². The number of carbonyl (C=O) groups excluding carboxylic acids is 1. The molecule has 0 spiro atoms.